The summed E-state index contributed by atoms with van der Waals surface area (Å²) in [5.74, 6) is -1.99. The highest BCUT2D eigenvalue weighted by Crippen LogP contribution is 2.27. The van der Waals surface area contributed by atoms with Crippen molar-refractivity contribution in [2.75, 3.05) is 18.1 Å². The van der Waals surface area contributed by atoms with Gasteiger partial charge in [-0.15, -0.1) is 0 Å². The molecular weight excluding hydrogens is 367 g/mol. The Kier molecular flexibility index (Phi) is 5.35. The average molecular weight is 383 g/mol. The molecule has 118 valence electrons. The number of rotatable bonds is 6. The van der Waals surface area contributed by atoms with Crippen LogP contribution in [-0.4, -0.2) is 37.8 Å². The van der Waals surface area contributed by atoms with Crippen molar-refractivity contribution < 1.29 is 22.7 Å². The smallest absolute Gasteiger partial charge is 0.336 e. The first-order valence-corrected chi connectivity index (χ1v) is 8.55. The van der Waals surface area contributed by atoms with E-state index in [9.17, 15) is 17.6 Å². The molecule has 0 aromatic heterocycles. The van der Waals surface area contributed by atoms with Crippen LogP contribution in [0.3, 0.4) is 0 Å². The molecule has 0 bridgehead atoms. The summed E-state index contributed by atoms with van der Waals surface area (Å²) in [6.07, 6.45) is 1.04. The lowest BCUT2D eigenvalue weighted by Crippen LogP contribution is -2.47. The fourth-order valence-electron chi connectivity index (χ4n) is 1.71. The first-order valence-electron chi connectivity index (χ1n) is 5.87. The van der Waals surface area contributed by atoms with Gasteiger partial charge >= 0.3 is 5.97 Å². The minimum atomic E-state index is -3.39. The Morgan fingerprint density at radius 3 is 2.48 bits per heavy atom. The van der Waals surface area contributed by atoms with Gasteiger partial charge in [-0.3, -0.25) is 0 Å². The van der Waals surface area contributed by atoms with E-state index in [1.54, 1.807) is 13.8 Å². The topological polar surface area (TPSA) is 95.5 Å². The van der Waals surface area contributed by atoms with Crippen LogP contribution in [0.1, 0.15) is 24.2 Å². The second-order valence-electron chi connectivity index (χ2n) is 5.21. The molecule has 0 fully saturated rings. The highest BCUT2D eigenvalue weighted by Gasteiger charge is 2.23. The summed E-state index contributed by atoms with van der Waals surface area (Å²) in [6, 6.07) is 2.55. The number of carbonyl (C=O) groups is 1. The number of carboxylic acid groups (broad SMARTS) is 1. The Bertz CT molecular complexity index is 661. The maximum atomic E-state index is 14.0. The van der Waals surface area contributed by atoms with E-state index in [4.69, 9.17) is 5.11 Å². The van der Waals surface area contributed by atoms with Crippen molar-refractivity contribution in [2.45, 2.75) is 19.4 Å². The van der Waals surface area contributed by atoms with Crippen molar-refractivity contribution in [1.82, 2.24) is 4.72 Å². The van der Waals surface area contributed by atoms with Gasteiger partial charge in [-0.05, 0) is 41.9 Å². The van der Waals surface area contributed by atoms with E-state index < -0.39 is 27.3 Å². The molecule has 0 saturated heterocycles. The number of nitrogens with one attached hydrogen (secondary N) is 2. The minimum absolute atomic E-state index is 0.0789. The SMILES string of the molecule is CC(C)(CNc1ccc(C(=O)O)c(Br)c1F)NS(C)(=O)=O. The van der Waals surface area contributed by atoms with E-state index >= 15 is 0 Å². The highest BCUT2D eigenvalue weighted by molar-refractivity contribution is 9.10. The average Bonchev–Trinajstić information content (AvgIpc) is 2.27. The molecule has 6 nitrogen and oxygen atoms in total. The number of hydrogen-bond acceptors (Lipinski definition) is 4. The van der Waals surface area contributed by atoms with Crippen molar-refractivity contribution >= 4 is 37.6 Å². The molecule has 0 atom stereocenters. The first-order chi connectivity index (χ1) is 9.43. The summed E-state index contributed by atoms with van der Waals surface area (Å²) in [4.78, 5) is 10.9. The molecule has 3 N–H and O–H groups in total. The summed E-state index contributed by atoms with van der Waals surface area (Å²) >= 11 is 2.89. The van der Waals surface area contributed by atoms with Crippen LogP contribution in [0.25, 0.3) is 0 Å². The van der Waals surface area contributed by atoms with Gasteiger partial charge in [0.2, 0.25) is 10.0 Å². The molecule has 0 spiro atoms. The van der Waals surface area contributed by atoms with Crippen molar-refractivity contribution in [3.8, 4) is 0 Å². The third kappa shape index (κ3) is 5.25. The van der Waals surface area contributed by atoms with Crippen molar-refractivity contribution in [1.29, 1.82) is 0 Å². The molecule has 0 heterocycles. The molecule has 0 unspecified atom stereocenters. The molecule has 0 saturated carbocycles. The highest BCUT2D eigenvalue weighted by atomic mass is 79.9. The van der Waals surface area contributed by atoms with Gasteiger partial charge in [0.1, 0.15) is 0 Å². The number of hydrogen-bond donors (Lipinski definition) is 3. The number of halogens is 2. The number of aromatic carboxylic acids is 1. The quantitative estimate of drug-likeness (QED) is 0.699. The van der Waals surface area contributed by atoms with Gasteiger partial charge in [-0.1, -0.05) is 0 Å². The zero-order valence-corrected chi connectivity index (χ0v) is 14.1. The van der Waals surface area contributed by atoms with Gasteiger partial charge in [0.15, 0.2) is 5.82 Å². The van der Waals surface area contributed by atoms with Crippen LogP contribution >= 0.6 is 15.9 Å². The Labute approximate surface area is 130 Å². The predicted octanol–water partition coefficient (Wildman–Crippen LogP) is 2.03. The fraction of sp³-hybridized carbons (Fsp3) is 0.417. The molecule has 0 aliphatic heterocycles. The van der Waals surface area contributed by atoms with Gasteiger partial charge in [-0.25, -0.2) is 22.3 Å². The molecule has 1 aromatic rings. The Morgan fingerprint density at radius 2 is 2.00 bits per heavy atom. The fourth-order valence-corrected chi connectivity index (χ4v) is 3.30. The van der Waals surface area contributed by atoms with Gasteiger partial charge in [0.25, 0.3) is 0 Å². The van der Waals surface area contributed by atoms with Crippen molar-refractivity contribution in [3.05, 3.63) is 28.0 Å². The standard InChI is InChI=1S/C12H16BrFN2O4S/c1-12(2,16-21(3,19)20)6-15-8-5-4-7(11(17)18)9(13)10(8)14/h4-5,15-16H,6H2,1-3H3,(H,17,18). The minimum Gasteiger partial charge on any atom is -0.478 e. The molecule has 21 heavy (non-hydrogen) atoms. The van der Waals surface area contributed by atoms with Crippen LogP contribution in [0.4, 0.5) is 10.1 Å². The molecule has 0 amide bonds. The van der Waals surface area contributed by atoms with Crippen LogP contribution in [-0.2, 0) is 10.0 Å². The number of benzene rings is 1. The maximum Gasteiger partial charge on any atom is 0.336 e. The molecule has 0 aliphatic rings. The third-order valence-corrected chi connectivity index (χ3v) is 4.19. The summed E-state index contributed by atoms with van der Waals surface area (Å²) in [5.41, 5.74) is -0.945. The number of carboxylic acids is 1. The van der Waals surface area contributed by atoms with Crippen LogP contribution in [0.5, 0.6) is 0 Å². The third-order valence-electron chi connectivity index (χ3n) is 2.50. The molecule has 0 radical (unpaired) electrons. The summed E-state index contributed by atoms with van der Waals surface area (Å²) in [5, 5.41) is 11.6. The maximum absolute atomic E-state index is 14.0. The van der Waals surface area contributed by atoms with Gasteiger partial charge in [0, 0.05) is 12.1 Å². The summed E-state index contributed by atoms with van der Waals surface area (Å²) in [7, 11) is -3.39. The Morgan fingerprint density at radius 1 is 1.43 bits per heavy atom. The zero-order chi connectivity index (χ0) is 16.4. The number of anilines is 1. The second kappa shape index (κ2) is 6.29. The molecular formula is C12H16BrFN2O4S. The Balaban J connectivity index is 2.91. The second-order valence-corrected chi connectivity index (χ2v) is 7.75. The summed E-state index contributed by atoms with van der Waals surface area (Å²) in [6.45, 7) is 3.40. The van der Waals surface area contributed by atoms with E-state index in [1.807, 2.05) is 0 Å². The Hall–Kier alpha value is -1.19. The molecule has 1 rings (SSSR count). The van der Waals surface area contributed by atoms with Crippen LogP contribution in [0.2, 0.25) is 0 Å². The van der Waals surface area contributed by atoms with E-state index in [-0.39, 0.29) is 22.3 Å². The molecule has 0 aliphatic carbocycles. The largest absolute Gasteiger partial charge is 0.478 e. The molecule has 9 heteroatoms. The normalized spacial score (nSPS) is 12.2. The van der Waals surface area contributed by atoms with Crippen LogP contribution in [0.15, 0.2) is 16.6 Å². The lowest BCUT2D eigenvalue weighted by molar-refractivity contribution is 0.0695. The van der Waals surface area contributed by atoms with E-state index in [2.05, 4.69) is 26.0 Å². The van der Waals surface area contributed by atoms with Gasteiger partial charge in [-0.2, -0.15) is 0 Å². The predicted molar refractivity (Wildman–Crippen MR) is 81.6 cm³/mol. The van der Waals surface area contributed by atoms with Gasteiger partial charge in [0.05, 0.1) is 22.0 Å². The van der Waals surface area contributed by atoms with E-state index in [0.29, 0.717) is 0 Å². The van der Waals surface area contributed by atoms with E-state index in [1.165, 1.54) is 12.1 Å². The molecule has 1 aromatic carbocycles. The van der Waals surface area contributed by atoms with E-state index in [0.717, 1.165) is 6.26 Å². The number of sulfonamides is 1. The van der Waals surface area contributed by atoms with Crippen LogP contribution in [0, 0.1) is 5.82 Å². The zero-order valence-electron chi connectivity index (χ0n) is 11.7. The van der Waals surface area contributed by atoms with Crippen molar-refractivity contribution in [3.63, 3.8) is 0 Å². The van der Waals surface area contributed by atoms with Crippen LogP contribution < -0.4 is 10.0 Å². The van der Waals surface area contributed by atoms with Gasteiger partial charge < -0.3 is 10.4 Å². The van der Waals surface area contributed by atoms with Crippen molar-refractivity contribution in [2.24, 2.45) is 0 Å². The lowest BCUT2D eigenvalue weighted by Gasteiger charge is -2.26. The monoisotopic (exact) mass is 382 g/mol. The first kappa shape index (κ1) is 17.9. The summed E-state index contributed by atoms with van der Waals surface area (Å²) < 4.78 is 38.7. The lowest BCUT2D eigenvalue weighted by atomic mass is 10.1.